The Kier molecular flexibility index (Phi) is 9.91. The van der Waals surface area contributed by atoms with E-state index in [9.17, 15) is 9.59 Å². The first-order valence-corrected chi connectivity index (χ1v) is 14.4. The molecule has 2 aromatic rings. The number of nitrogens with zero attached hydrogens (tertiary/aromatic N) is 1. The van der Waals surface area contributed by atoms with Crippen LogP contribution >= 0.6 is 0 Å². The van der Waals surface area contributed by atoms with Crippen molar-refractivity contribution in [3.8, 4) is 0 Å². The number of benzene rings is 2. The van der Waals surface area contributed by atoms with Crippen LogP contribution in [-0.2, 0) is 18.7 Å². The van der Waals surface area contributed by atoms with E-state index in [1.807, 2.05) is 19.1 Å². The molecule has 0 bridgehead atoms. The first-order chi connectivity index (χ1) is 16.7. The van der Waals surface area contributed by atoms with Crippen LogP contribution in [0.4, 0.5) is 4.79 Å². The summed E-state index contributed by atoms with van der Waals surface area (Å²) in [5.74, 6) is -0.499. The van der Waals surface area contributed by atoms with Gasteiger partial charge in [0.1, 0.15) is 11.6 Å². The van der Waals surface area contributed by atoms with E-state index < -0.39 is 32.0 Å². The molecule has 198 valence electrons. The summed E-state index contributed by atoms with van der Waals surface area (Å²) in [7, 11) is 0.209. The number of likely N-dealkylation sites (N-methyl/N-ethyl adjacent to an activating group) is 1. The third-order valence-electron chi connectivity index (χ3n) is 6.25. The molecule has 0 saturated heterocycles. The van der Waals surface area contributed by atoms with Gasteiger partial charge in [0.05, 0.1) is 7.11 Å². The van der Waals surface area contributed by atoms with Crippen LogP contribution in [0.3, 0.4) is 0 Å². The van der Waals surface area contributed by atoms with Gasteiger partial charge >= 0.3 is 12.1 Å². The SMILES string of the molecule is COC(=O)[C@H](C[C@@H](C)CO[Si](c1ccccc1)(c1ccccc1)C(C)(C)C)N(C)C(=O)OC(C)(C)C. The van der Waals surface area contributed by atoms with E-state index in [0.717, 1.165) is 0 Å². The predicted octanol–water partition coefficient (Wildman–Crippen LogP) is 5.00. The van der Waals surface area contributed by atoms with Gasteiger partial charge in [-0.25, -0.2) is 9.59 Å². The zero-order valence-corrected chi connectivity index (χ0v) is 24.3. The van der Waals surface area contributed by atoms with Crippen LogP contribution < -0.4 is 10.4 Å². The zero-order valence-electron chi connectivity index (χ0n) is 23.3. The average Bonchev–Trinajstić information content (AvgIpc) is 2.81. The fraction of sp³-hybridized carbons (Fsp3) is 0.517. The molecule has 0 aliphatic rings. The Labute approximate surface area is 218 Å². The first-order valence-electron chi connectivity index (χ1n) is 12.5. The topological polar surface area (TPSA) is 65.1 Å². The number of carbonyl (C=O) groups is 2. The average molecular weight is 514 g/mol. The van der Waals surface area contributed by atoms with Gasteiger partial charge in [0.25, 0.3) is 8.32 Å². The van der Waals surface area contributed by atoms with E-state index in [-0.39, 0.29) is 11.0 Å². The number of methoxy groups -OCH3 is 1. The first kappa shape index (κ1) is 29.6. The molecule has 0 spiro atoms. The van der Waals surface area contributed by atoms with Gasteiger partial charge in [-0.05, 0) is 48.5 Å². The Bertz CT molecular complexity index is 943. The molecular formula is C29H43NO5Si. The van der Waals surface area contributed by atoms with Crippen LogP contribution in [0.2, 0.25) is 5.04 Å². The molecule has 0 unspecified atom stereocenters. The van der Waals surface area contributed by atoms with Gasteiger partial charge in [0.2, 0.25) is 0 Å². The van der Waals surface area contributed by atoms with Crippen LogP contribution in [0.15, 0.2) is 60.7 Å². The maximum atomic E-state index is 12.7. The summed E-state index contributed by atoms with van der Waals surface area (Å²) >= 11 is 0. The second-order valence-electron chi connectivity index (χ2n) is 11.4. The van der Waals surface area contributed by atoms with Gasteiger partial charge in [0.15, 0.2) is 0 Å². The summed E-state index contributed by atoms with van der Waals surface area (Å²) in [5.41, 5.74) is -0.663. The number of hydrogen-bond acceptors (Lipinski definition) is 5. The zero-order chi connectivity index (χ0) is 27.1. The molecule has 2 aromatic carbocycles. The van der Waals surface area contributed by atoms with Crippen LogP contribution in [0.25, 0.3) is 0 Å². The van der Waals surface area contributed by atoms with E-state index in [4.69, 9.17) is 13.9 Å². The maximum absolute atomic E-state index is 12.7. The fourth-order valence-corrected chi connectivity index (χ4v) is 9.18. The van der Waals surface area contributed by atoms with Crippen LogP contribution in [0, 0.1) is 5.92 Å². The van der Waals surface area contributed by atoms with E-state index in [0.29, 0.717) is 13.0 Å². The summed E-state index contributed by atoms with van der Waals surface area (Å²) in [6.07, 6.45) is -0.168. The number of ether oxygens (including phenoxy) is 2. The standard InChI is InChI=1S/C29H43NO5Si/c1-22(20-25(26(31)33-9)30(8)27(32)35-28(2,3)4)21-34-36(29(5,6)7,23-16-12-10-13-17-23)24-18-14-11-15-19-24/h10-19,22,25H,20-21H2,1-9H3/t22-,25+/m1/s1. The molecule has 2 atom stereocenters. The smallest absolute Gasteiger partial charge is 0.410 e. The third-order valence-corrected chi connectivity index (χ3v) is 11.3. The molecule has 1 amide bonds. The second kappa shape index (κ2) is 12.1. The monoisotopic (exact) mass is 513 g/mol. The highest BCUT2D eigenvalue weighted by molar-refractivity contribution is 6.99. The number of hydrogen-bond donors (Lipinski definition) is 0. The normalized spacial score (nSPS) is 14.0. The van der Waals surface area contributed by atoms with Crippen molar-refractivity contribution < 1.29 is 23.5 Å². The summed E-state index contributed by atoms with van der Waals surface area (Å²) in [6, 6.07) is 20.1. The van der Waals surface area contributed by atoms with Crippen molar-refractivity contribution in [2.75, 3.05) is 20.8 Å². The second-order valence-corrected chi connectivity index (χ2v) is 15.8. The van der Waals surface area contributed by atoms with Gasteiger partial charge in [-0.2, -0.15) is 0 Å². The molecule has 7 heteroatoms. The van der Waals surface area contributed by atoms with Crippen molar-refractivity contribution in [1.82, 2.24) is 4.90 Å². The van der Waals surface area contributed by atoms with Crippen molar-refractivity contribution in [3.63, 3.8) is 0 Å². The third kappa shape index (κ3) is 7.20. The van der Waals surface area contributed by atoms with Crippen molar-refractivity contribution >= 4 is 30.8 Å². The fourth-order valence-electron chi connectivity index (χ4n) is 4.49. The summed E-state index contributed by atoms with van der Waals surface area (Å²) < 4.78 is 17.5. The van der Waals surface area contributed by atoms with Crippen molar-refractivity contribution in [3.05, 3.63) is 60.7 Å². The number of amides is 1. The highest BCUT2D eigenvalue weighted by atomic mass is 28.4. The van der Waals surface area contributed by atoms with E-state index in [1.165, 1.54) is 22.4 Å². The molecule has 0 fully saturated rings. The minimum Gasteiger partial charge on any atom is -0.467 e. The quantitative estimate of drug-likeness (QED) is 0.349. The molecule has 0 radical (unpaired) electrons. The van der Waals surface area contributed by atoms with Gasteiger partial charge in [-0.1, -0.05) is 88.4 Å². The Morgan fingerprint density at radius 2 is 1.36 bits per heavy atom. The Morgan fingerprint density at radius 3 is 1.75 bits per heavy atom. The van der Waals surface area contributed by atoms with Crippen molar-refractivity contribution in [2.24, 2.45) is 5.92 Å². The van der Waals surface area contributed by atoms with Gasteiger partial charge in [0, 0.05) is 13.7 Å². The molecule has 0 aliphatic carbocycles. The van der Waals surface area contributed by atoms with Gasteiger partial charge in [-0.15, -0.1) is 0 Å². The van der Waals surface area contributed by atoms with E-state index in [1.54, 1.807) is 27.8 Å². The highest BCUT2D eigenvalue weighted by Gasteiger charge is 2.50. The lowest BCUT2D eigenvalue weighted by Crippen LogP contribution is -2.66. The lowest BCUT2D eigenvalue weighted by atomic mass is 10.0. The maximum Gasteiger partial charge on any atom is 0.410 e. The van der Waals surface area contributed by atoms with Crippen molar-refractivity contribution in [2.45, 2.75) is 71.6 Å². The number of carbonyl (C=O) groups excluding carboxylic acids is 2. The molecule has 0 heterocycles. The van der Waals surface area contributed by atoms with Gasteiger partial charge in [-0.3, -0.25) is 4.90 Å². The predicted molar refractivity (Wildman–Crippen MR) is 147 cm³/mol. The molecule has 0 aromatic heterocycles. The minimum absolute atomic E-state index is 0.0272. The Balaban J connectivity index is 2.35. The molecule has 0 N–H and O–H groups in total. The molecule has 2 rings (SSSR count). The Hall–Kier alpha value is -2.64. The molecular weight excluding hydrogens is 470 g/mol. The number of esters is 1. The van der Waals surface area contributed by atoms with Crippen LogP contribution in [0.1, 0.15) is 54.9 Å². The van der Waals surface area contributed by atoms with E-state index in [2.05, 4.69) is 69.3 Å². The van der Waals surface area contributed by atoms with Gasteiger partial charge < -0.3 is 13.9 Å². The number of rotatable bonds is 9. The molecule has 36 heavy (non-hydrogen) atoms. The highest BCUT2D eigenvalue weighted by Crippen LogP contribution is 2.37. The van der Waals surface area contributed by atoms with Crippen LogP contribution in [0.5, 0.6) is 0 Å². The molecule has 6 nitrogen and oxygen atoms in total. The van der Waals surface area contributed by atoms with Crippen molar-refractivity contribution in [1.29, 1.82) is 0 Å². The summed E-state index contributed by atoms with van der Waals surface area (Å²) in [5, 5.41) is 2.25. The molecule has 0 saturated carbocycles. The van der Waals surface area contributed by atoms with E-state index >= 15 is 0 Å². The van der Waals surface area contributed by atoms with Crippen LogP contribution in [-0.4, -0.2) is 57.7 Å². The lowest BCUT2D eigenvalue weighted by molar-refractivity contribution is -0.147. The summed E-state index contributed by atoms with van der Waals surface area (Å²) in [4.78, 5) is 26.7. The molecule has 0 aliphatic heterocycles. The lowest BCUT2D eigenvalue weighted by Gasteiger charge is -2.43. The summed E-state index contributed by atoms with van der Waals surface area (Å²) in [6.45, 7) is 14.6. The Morgan fingerprint density at radius 1 is 0.889 bits per heavy atom. The largest absolute Gasteiger partial charge is 0.467 e. The minimum atomic E-state index is -2.70.